The second-order valence-electron chi connectivity index (χ2n) is 6.42. The Morgan fingerprint density at radius 2 is 1.36 bits per heavy atom. The molecule has 0 aliphatic carbocycles. The van der Waals surface area contributed by atoms with Gasteiger partial charge in [0.25, 0.3) is 0 Å². The first kappa shape index (κ1) is 19.8. The molecule has 5 nitrogen and oxygen atoms in total. The largest absolute Gasteiger partial charge is 0.449 e. The van der Waals surface area contributed by atoms with E-state index in [1.54, 1.807) is 6.07 Å². The highest BCUT2D eigenvalue weighted by molar-refractivity contribution is 7.89. The maximum atomic E-state index is 12.8. The quantitative estimate of drug-likeness (QED) is 0.594. The Balaban J connectivity index is 1.93. The van der Waals surface area contributed by atoms with Crippen molar-refractivity contribution in [1.82, 2.24) is 4.31 Å². The van der Waals surface area contributed by atoms with Crippen LogP contribution in [0.15, 0.2) is 89.8 Å². The lowest BCUT2D eigenvalue weighted by Crippen LogP contribution is -2.22. The number of carbonyl (C=O) groups is 1. The molecular weight excluding hydrogens is 374 g/mol. The Morgan fingerprint density at radius 1 is 0.821 bits per heavy atom. The van der Waals surface area contributed by atoms with Crippen molar-refractivity contribution >= 4 is 16.0 Å². The zero-order valence-electron chi connectivity index (χ0n) is 15.6. The maximum Gasteiger partial charge on any atom is 0.339 e. The minimum absolute atomic E-state index is 0.0444. The predicted octanol–water partition coefficient (Wildman–Crippen LogP) is 3.88. The summed E-state index contributed by atoms with van der Waals surface area (Å²) in [6, 6.07) is 24.7. The van der Waals surface area contributed by atoms with Gasteiger partial charge in [-0.2, -0.15) is 0 Å². The predicted molar refractivity (Wildman–Crippen MR) is 107 cm³/mol. The molecule has 0 N–H and O–H groups in total. The summed E-state index contributed by atoms with van der Waals surface area (Å²) in [6.07, 6.45) is -0.594. The van der Waals surface area contributed by atoms with Crippen LogP contribution in [0.5, 0.6) is 0 Å². The van der Waals surface area contributed by atoms with Crippen molar-refractivity contribution in [1.29, 1.82) is 0 Å². The van der Waals surface area contributed by atoms with Gasteiger partial charge in [0, 0.05) is 14.1 Å². The number of hydrogen-bond acceptors (Lipinski definition) is 4. The van der Waals surface area contributed by atoms with E-state index in [9.17, 15) is 13.2 Å². The third-order valence-corrected chi connectivity index (χ3v) is 6.09. The molecule has 0 bridgehead atoms. The lowest BCUT2D eigenvalue weighted by Gasteiger charge is -2.19. The van der Waals surface area contributed by atoms with E-state index in [-0.39, 0.29) is 10.5 Å². The SMILES string of the molecule is CN(C)S(=O)(=O)c1cccc(C(=O)OC(c2ccccc2)c2ccccc2)c1. The molecule has 0 aliphatic heterocycles. The zero-order chi connectivity index (χ0) is 20.1. The fourth-order valence-electron chi connectivity index (χ4n) is 2.75. The molecule has 28 heavy (non-hydrogen) atoms. The van der Waals surface area contributed by atoms with E-state index < -0.39 is 22.1 Å². The van der Waals surface area contributed by atoms with Crippen molar-refractivity contribution in [2.45, 2.75) is 11.0 Å². The van der Waals surface area contributed by atoms with E-state index in [1.165, 1.54) is 32.3 Å². The van der Waals surface area contributed by atoms with Gasteiger partial charge in [-0.3, -0.25) is 0 Å². The van der Waals surface area contributed by atoms with Gasteiger partial charge in [0.05, 0.1) is 10.5 Å². The standard InChI is InChI=1S/C22H21NO4S/c1-23(2)28(25,26)20-15-9-14-19(16-20)22(24)27-21(17-10-5-3-6-11-17)18-12-7-4-8-13-18/h3-16,21H,1-2H3. The Bertz CT molecular complexity index is 1010. The van der Waals surface area contributed by atoms with Gasteiger partial charge in [0.2, 0.25) is 10.0 Å². The maximum absolute atomic E-state index is 12.8. The Morgan fingerprint density at radius 3 is 1.86 bits per heavy atom. The third kappa shape index (κ3) is 4.30. The van der Waals surface area contributed by atoms with Crippen LogP contribution in [0.25, 0.3) is 0 Å². The van der Waals surface area contributed by atoms with Gasteiger partial charge in [-0.25, -0.2) is 17.5 Å². The molecule has 0 unspecified atom stereocenters. The van der Waals surface area contributed by atoms with Gasteiger partial charge < -0.3 is 4.74 Å². The molecule has 6 heteroatoms. The number of nitrogens with zero attached hydrogens (tertiary/aromatic N) is 1. The highest BCUT2D eigenvalue weighted by Crippen LogP contribution is 2.27. The summed E-state index contributed by atoms with van der Waals surface area (Å²) in [5, 5.41) is 0. The number of sulfonamides is 1. The molecule has 3 rings (SSSR count). The van der Waals surface area contributed by atoms with Crippen LogP contribution in [0.4, 0.5) is 0 Å². The second kappa shape index (κ2) is 8.37. The molecule has 0 radical (unpaired) electrons. The van der Waals surface area contributed by atoms with Crippen molar-refractivity contribution in [3.63, 3.8) is 0 Å². The molecule has 3 aromatic rings. The lowest BCUT2D eigenvalue weighted by atomic mass is 10.0. The van der Waals surface area contributed by atoms with Crippen LogP contribution in [0.2, 0.25) is 0 Å². The van der Waals surface area contributed by atoms with Crippen LogP contribution in [-0.2, 0) is 14.8 Å². The number of rotatable bonds is 6. The molecule has 0 spiro atoms. The van der Waals surface area contributed by atoms with Gasteiger partial charge in [0.1, 0.15) is 0 Å². The summed E-state index contributed by atoms with van der Waals surface area (Å²) in [5.74, 6) is -0.589. The topological polar surface area (TPSA) is 63.7 Å². The highest BCUT2D eigenvalue weighted by Gasteiger charge is 2.22. The minimum Gasteiger partial charge on any atom is -0.449 e. The number of hydrogen-bond donors (Lipinski definition) is 0. The van der Waals surface area contributed by atoms with Crippen molar-refractivity contribution in [2.75, 3.05) is 14.1 Å². The zero-order valence-corrected chi connectivity index (χ0v) is 16.5. The number of esters is 1. The number of carbonyl (C=O) groups excluding carboxylic acids is 1. The molecule has 0 amide bonds. The second-order valence-corrected chi connectivity index (χ2v) is 8.57. The molecule has 144 valence electrons. The normalized spacial score (nSPS) is 11.6. The van der Waals surface area contributed by atoms with Crippen molar-refractivity contribution in [3.8, 4) is 0 Å². The summed E-state index contributed by atoms with van der Waals surface area (Å²) in [4.78, 5) is 12.9. The van der Waals surface area contributed by atoms with Crippen molar-refractivity contribution in [3.05, 3.63) is 102 Å². The third-order valence-electron chi connectivity index (χ3n) is 4.28. The number of ether oxygens (including phenoxy) is 1. The summed E-state index contributed by atoms with van der Waals surface area (Å²) in [5.41, 5.74) is 1.85. The lowest BCUT2D eigenvalue weighted by molar-refractivity contribution is 0.0378. The Hall–Kier alpha value is -2.96. The molecule has 0 heterocycles. The van der Waals surface area contributed by atoms with E-state index in [1.807, 2.05) is 60.7 Å². The van der Waals surface area contributed by atoms with Crippen LogP contribution in [0.1, 0.15) is 27.6 Å². The highest BCUT2D eigenvalue weighted by atomic mass is 32.2. The van der Waals surface area contributed by atoms with E-state index >= 15 is 0 Å². The van der Waals surface area contributed by atoms with Gasteiger partial charge in [-0.1, -0.05) is 66.7 Å². The van der Waals surface area contributed by atoms with Crippen LogP contribution >= 0.6 is 0 Å². The monoisotopic (exact) mass is 395 g/mol. The summed E-state index contributed by atoms with van der Waals surface area (Å²) < 4.78 is 31.6. The average Bonchev–Trinajstić information content (AvgIpc) is 2.73. The van der Waals surface area contributed by atoms with E-state index in [4.69, 9.17) is 4.74 Å². The van der Waals surface area contributed by atoms with Crippen molar-refractivity contribution < 1.29 is 17.9 Å². The fourth-order valence-corrected chi connectivity index (χ4v) is 3.70. The van der Waals surface area contributed by atoms with Crippen LogP contribution in [0, 0.1) is 0 Å². The summed E-state index contributed by atoms with van der Waals surface area (Å²) in [7, 11) is -0.749. The molecular formula is C22H21NO4S. The molecule has 0 aliphatic rings. The summed E-state index contributed by atoms with van der Waals surface area (Å²) in [6.45, 7) is 0. The molecule has 0 atom stereocenters. The van der Waals surface area contributed by atoms with E-state index in [0.717, 1.165) is 15.4 Å². The van der Waals surface area contributed by atoms with E-state index in [2.05, 4.69) is 0 Å². The van der Waals surface area contributed by atoms with Crippen LogP contribution in [0.3, 0.4) is 0 Å². The minimum atomic E-state index is -3.64. The smallest absolute Gasteiger partial charge is 0.339 e. The summed E-state index contributed by atoms with van der Waals surface area (Å²) >= 11 is 0. The van der Waals surface area contributed by atoms with Crippen LogP contribution < -0.4 is 0 Å². The van der Waals surface area contributed by atoms with Crippen LogP contribution in [-0.4, -0.2) is 32.8 Å². The van der Waals surface area contributed by atoms with Gasteiger partial charge in [-0.15, -0.1) is 0 Å². The average molecular weight is 395 g/mol. The first-order valence-corrected chi connectivity index (χ1v) is 10.2. The molecule has 0 fully saturated rings. The first-order chi connectivity index (χ1) is 13.4. The molecule has 0 aromatic heterocycles. The fraction of sp³-hybridized carbons (Fsp3) is 0.136. The molecule has 0 saturated heterocycles. The first-order valence-electron chi connectivity index (χ1n) is 8.73. The van der Waals surface area contributed by atoms with Gasteiger partial charge in [0.15, 0.2) is 6.10 Å². The Labute approximate surface area is 165 Å². The van der Waals surface area contributed by atoms with Gasteiger partial charge >= 0.3 is 5.97 Å². The van der Waals surface area contributed by atoms with Crippen molar-refractivity contribution in [2.24, 2.45) is 0 Å². The van der Waals surface area contributed by atoms with E-state index in [0.29, 0.717) is 0 Å². The Kier molecular flexibility index (Phi) is 5.92. The molecule has 0 saturated carbocycles. The molecule has 3 aromatic carbocycles. The number of benzene rings is 3. The van der Waals surface area contributed by atoms with Gasteiger partial charge in [-0.05, 0) is 29.3 Å².